The Bertz CT molecular complexity index is 498. The van der Waals surface area contributed by atoms with E-state index in [9.17, 15) is 0 Å². The fraction of sp³-hybridized carbons (Fsp3) is 0.294. The van der Waals surface area contributed by atoms with E-state index in [2.05, 4.69) is 36.4 Å². The number of nitrogen functional groups attached to an aromatic ring is 1. The van der Waals surface area contributed by atoms with Crippen LogP contribution in [0.2, 0.25) is 0 Å². The second-order valence-corrected chi connectivity index (χ2v) is 4.69. The van der Waals surface area contributed by atoms with Crippen LogP contribution in [-0.4, -0.2) is 0 Å². The lowest BCUT2D eigenvalue weighted by molar-refractivity contribution is 1.45. The van der Waals surface area contributed by atoms with Gasteiger partial charge in [-0.1, -0.05) is 26.0 Å². The molecule has 0 fully saturated rings. The summed E-state index contributed by atoms with van der Waals surface area (Å²) >= 11 is 1.74. The van der Waals surface area contributed by atoms with E-state index in [4.69, 9.17) is 5.73 Å². The van der Waals surface area contributed by atoms with Gasteiger partial charge in [0.1, 0.15) is 0 Å². The summed E-state index contributed by atoms with van der Waals surface area (Å²) in [6, 6.07) is 6.20. The molecule has 19 heavy (non-hydrogen) atoms. The minimum absolute atomic E-state index is 0.863. The lowest BCUT2D eigenvalue weighted by atomic mass is 10.0. The highest BCUT2D eigenvalue weighted by atomic mass is 32.1. The number of thiophene rings is 1. The smallest absolute Gasteiger partial charge is 0.0344 e. The first-order valence-electron chi connectivity index (χ1n) is 6.56. The molecule has 2 heteroatoms. The van der Waals surface area contributed by atoms with Gasteiger partial charge in [0.25, 0.3) is 0 Å². The monoisotopic (exact) mass is 275 g/mol. The second kappa shape index (κ2) is 9.40. The van der Waals surface area contributed by atoms with Gasteiger partial charge in [-0.05, 0) is 65.9 Å². The molecule has 2 rings (SSSR count). The molecule has 0 saturated heterocycles. The number of nitrogens with two attached hydrogens (primary N) is 1. The predicted octanol–water partition coefficient (Wildman–Crippen LogP) is 5.83. The zero-order valence-corrected chi connectivity index (χ0v) is 13.5. The Balaban J connectivity index is 0.000000573. The van der Waals surface area contributed by atoms with Crippen LogP contribution in [0.25, 0.3) is 11.1 Å². The summed E-state index contributed by atoms with van der Waals surface area (Å²) in [5, 5.41) is 4.35. The third kappa shape index (κ3) is 5.31. The number of rotatable bonds is 1. The third-order valence-electron chi connectivity index (χ3n) is 2.44. The van der Waals surface area contributed by atoms with E-state index in [0.717, 1.165) is 11.3 Å². The Morgan fingerprint density at radius 3 is 2.11 bits per heavy atom. The highest BCUT2D eigenvalue weighted by Crippen LogP contribution is 2.28. The average Bonchev–Trinajstić information content (AvgIpc) is 2.83. The van der Waals surface area contributed by atoms with E-state index in [-0.39, 0.29) is 0 Å². The van der Waals surface area contributed by atoms with Crippen LogP contribution in [0.5, 0.6) is 0 Å². The van der Waals surface area contributed by atoms with Crippen molar-refractivity contribution in [3.8, 4) is 11.1 Å². The summed E-state index contributed by atoms with van der Waals surface area (Å²) in [5.41, 5.74) is 11.7. The summed E-state index contributed by atoms with van der Waals surface area (Å²) < 4.78 is 0. The van der Waals surface area contributed by atoms with Gasteiger partial charge < -0.3 is 5.73 Å². The number of hydrogen-bond acceptors (Lipinski definition) is 2. The van der Waals surface area contributed by atoms with Crippen molar-refractivity contribution in [3.63, 3.8) is 0 Å². The van der Waals surface area contributed by atoms with Gasteiger partial charge in [-0.2, -0.15) is 11.3 Å². The quantitative estimate of drug-likeness (QED) is 0.514. The minimum Gasteiger partial charge on any atom is -0.399 e. The first-order chi connectivity index (χ1) is 9.10. The molecule has 104 valence electrons. The summed E-state index contributed by atoms with van der Waals surface area (Å²) in [4.78, 5) is 0. The van der Waals surface area contributed by atoms with Crippen molar-refractivity contribution in [2.24, 2.45) is 0 Å². The molecule has 1 heterocycles. The Kier molecular flexibility index (Phi) is 8.64. The number of aryl methyl sites for hydroxylation is 2. The van der Waals surface area contributed by atoms with E-state index in [0.29, 0.717) is 0 Å². The van der Waals surface area contributed by atoms with Crippen molar-refractivity contribution in [2.45, 2.75) is 34.6 Å². The van der Waals surface area contributed by atoms with E-state index in [1.54, 1.807) is 17.4 Å². The van der Waals surface area contributed by atoms with Gasteiger partial charge >= 0.3 is 0 Å². The van der Waals surface area contributed by atoms with Gasteiger partial charge in [0, 0.05) is 5.69 Å². The molecule has 0 radical (unpaired) electrons. The summed E-state index contributed by atoms with van der Waals surface area (Å²) in [6.45, 7) is 13.4. The molecular weight excluding hydrogens is 250 g/mol. The molecule has 0 aliphatic carbocycles. The van der Waals surface area contributed by atoms with Crippen LogP contribution in [0.15, 0.2) is 41.6 Å². The van der Waals surface area contributed by atoms with Crippen LogP contribution < -0.4 is 5.73 Å². The molecule has 2 N–H and O–H groups in total. The number of anilines is 1. The van der Waals surface area contributed by atoms with Gasteiger partial charge in [-0.3, -0.25) is 0 Å². The minimum atomic E-state index is 0.863. The zero-order chi connectivity index (χ0) is 14.8. The predicted molar refractivity (Wildman–Crippen MR) is 90.9 cm³/mol. The Morgan fingerprint density at radius 2 is 1.68 bits per heavy atom. The fourth-order valence-electron chi connectivity index (χ4n) is 1.50. The molecule has 0 amide bonds. The van der Waals surface area contributed by atoms with Crippen LogP contribution in [-0.2, 0) is 0 Å². The standard InChI is InChI=1S/C12H13NS.C3H6.C2H6/c1-8-5-10(3-4-12(8)13)11-7-14-6-9(11)2;1-3-2;1-2/h3-7H,13H2,1-2H3;3H,1H2,2H3;1-2H3. The van der Waals surface area contributed by atoms with Crippen molar-refractivity contribution >= 4 is 17.0 Å². The maximum atomic E-state index is 5.78. The summed E-state index contributed by atoms with van der Waals surface area (Å²) in [6.07, 6.45) is 1.75. The Labute approximate surface area is 121 Å². The summed E-state index contributed by atoms with van der Waals surface area (Å²) in [7, 11) is 0. The molecule has 0 bridgehead atoms. The van der Waals surface area contributed by atoms with Crippen LogP contribution in [0.3, 0.4) is 0 Å². The molecule has 0 saturated carbocycles. The van der Waals surface area contributed by atoms with Gasteiger partial charge in [-0.25, -0.2) is 0 Å². The largest absolute Gasteiger partial charge is 0.399 e. The molecule has 0 spiro atoms. The molecule has 0 atom stereocenters. The van der Waals surface area contributed by atoms with Crippen molar-refractivity contribution < 1.29 is 0 Å². The van der Waals surface area contributed by atoms with Gasteiger partial charge in [-0.15, -0.1) is 6.58 Å². The van der Waals surface area contributed by atoms with Crippen LogP contribution in [0, 0.1) is 13.8 Å². The molecular formula is C17H25NS. The fourth-order valence-corrected chi connectivity index (χ4v) is 2.36. The number of allylic oxidation sites excluding steroid dienone is 1. The van der Waals surface area contributed by atoms with E-state index >= 15 is 0 Å². The second-order valence-electron chi connectivity index (χ2n) is 3.95. The zero-order valence-electron chi connectivity index (χ0n) is 12.7. The number of hydrogen-bond donors (Lipinski definition) is 1. The van der Waals surface area contributed by atoms with Crippen molar-refractivity contribution in [1.29, 1.82) is 0 Å². The summed E-state index contributed by atoms with van der Waals surface area (Å²) in [5.74, 6) is 0. The highest BCUT2D eigenvalue weighted by Gasteiger charge is 2.03. The lowest BCUT2D eigenvalue weighted by Crippen LogP contribution is -1.89. The molecule has 1 aromatic heterocycles. The SMILES string of the molecule is C=CC.CC.Cc1cc(-c2cscc2C)ccc1N. The third-order valence-corrected chi connectivity index (χ3v) is 3.30. The van der Waals surface area contributed by atoms with Crippen molar-refractivity contribution in [1.82, 2.24) is 0 Å². The molecule has 0 unspecified atom stereocenters. The molecule has 2 aromatic rings. The van der Waals surface area contributed by atoms with Gasteiger partial charge in [0.05, 0.1) is 0 Å². The molecule has 1 nitrogen and oxygen atoms in total. The van der Waals surface area contributed by atoms with E-state index < -0.39 is 0 Å². The maximum Gasteiger partial charge on any atom is 0.0344 e. The molecule has 1 aromatic carbocycles. The molecule has 0 aliphatic rings. The normalized spacial score (nSPS) is 8.68. The lowest BCUT2D eigenvalue weighted by Gasteiger charge is -2.04. The highest BCUT2D eigenvalue weighted by molar-refractivity contribution is 7.08. The average molecular weight is 275 g/mol. The van der Waals surface area contributed by atoms with Crippen molar-refractivity contribution in [3.05, 3.63) is 52.7 Å². The van der Waals surface area contributed by atoms with E-state index in [1.807, 2.05) is 33.8 Å². The Hall–Kier alpha value is -1.54. The van der Waals surface area contributed by atoms with Crippen LogP contribution in [0.4, 0.5) is 5.69 Å². The number of benzene rings is 1. The van der Waals surface area contributed by atoms with E-state index in [1.165, 1.54) is 16.7 Å². The Morgan fingerprint density at radius 1 is 1.11 bits per heavy atom. The maximum absolute atomic E-state index is 5.78. The topological polar surface area (TPSA) is 26.0 Å². The van der Waals surface area contributed by atoms with Crippen molar-refractivity contribution in [2.75, 3.05) is 5.73 Å². The van der Waals surface area contributed by atoms with Gasteiger partial charge in [0.2, 0.25) is 0 Å². The van der Waals surface area contributed by atoms with Crippen LogP contribution >= 0.6 is 11.3 Å². The molecule has 0 aliphatic heterocycles. The first-order valence-corrected chi connectivity index (χ1v) is 7.50. The van der Waals surface area contributed by atoms with Crippen LogP contribution in [0.1, 0.15) is 31.9 Å². The van der Waals surface area contributed by atoms with Gasteiger partial charge in [0.15, 0.2) is 0 Å². The first kappa shape index (κ1) is 17.5.